The maximum Gasteiger partial charge on any atom is 0.244 e. The van der Waals surface area contributed by atoms with Crippen LogP contribution in [0.15, 0.2) is 67.3 Å². The largest absolute Gasteiger partial charge is 0.493 e. The number of nitrogens with one attached hydrogen (secondary N) is 1. The molecule has 0 bridgehead atoms. The van der Waals surface area contributed by atoms with E-state index < -0.39 is 0 Å². The number of carbonyl (C=O) groups excluding carboxylic acids is 1. The fourth-order valence-corrected chi connectivity index (χ4v) is 2.69. The van der Waals surface area contributed by atoms with E-state index in [1.807, 2.05) is 55.5 Å². The molecule has 1 heterocycles. The van der Waals surface area contributed by atoms with Crippen LogP contribution in [-0.4, -0.2) is 27.3 Å². The number of benzene rings is 2. The minimum atomic E-state index is -0.156. The van der Waals surface area contributed by atoms with Gasteiger partial charge in [0.15, 0.2) is 0 Å². The number of ether oxygens (including phenoxy) is 1. The van der Waals surface area contributed by atoms with Crippen molar-refractivity contribution in [2.24, 2.45) is 0 Å². The van der Waals surface area contributed by atoms with E-state index in [1.165, 1.54) is 12.4 Å². The molecule has 2 aromatic carbocycles. The summed E-state index contributed by atoms with van der Waals surface area (Å²) in [4.78, 5) is 16.2. The molecule has 0 unspecified atom stereocenters. The fraction of sp³-hybridized carbons (Fsp3) is 0.190. The normalized spacial score (nSPS) is 10.9. The van der Waals surface area contributed by atoms with E-state index in [0.29, 0.717) is 19.7 Å². The van der Waals surface area contributed by atoms with Gasteiger partial charge in [-0.3, -0.25) is 4.79 Å². The minimum absolute atomic E-state index is 0.156. The van der Waals surface area contributed by atoms with Gasteiger partial charge in [0.05, 0.1) is 13.2 Å². The Morgan fingerprint density at radius 2 is 1.93 bits per heavy atom. The molecule has 3 rings (SSSR count). The second-order valence-electron chi connectivity index (χ2n) is 5.88. The van der Waals surface area contributed by atoms with Crippen LogP contribution in [0.5, 0.6) is 5.75 Å². The predicted molar refractivity (Wildman–Crippen MR) is 104 cm³/mol. The molecule has 138 valence electrons. The zero-order valence-corrected chi connectivity index (χ0v) is 15.2. The lowest BCUT2D eigenvalue weighted by Crippen LogP contribution is -2.21. The first-order valence-electron chi connectivity index (χ1n) is 8.83. The maximum absolute atomic E-state index is 12.2. The number of para-hydroxylation sites is 1. The third kappa shape index (κ3) is 5.28. The number of rotatable bonds is 8. The molecule has 0 fully saturated rings. The average molecular weight is 362 g/mol. The Balaban J connectivity index is 1.61. The summed E-state index contributed by atoms with van der Waals surface area (Å²) in [7, 11) is 0. The molecule has 0 saturated heterocycles. The summed E-state index contributed by atoms with van der Waals surface area (Å²) in [5.41, 5.74) is 3.01. The minimum Gasteiger partial charge on any atom is -0.493 e. The molecule has 0 saturated carbocycles. The smallest absolute Gasteiger partial charge is 0.244 e. The molecule has 6 heteroatoms. The molecular weight excluding hydrogens is 340 g/mol. The number of amides is 1. The molecule has 0 atom stereocenters. The molecule has 3 aromatic rings. The first kappa shape index (κ1) is 18.4. The van der Waals surface area contributed by atoms with Crippen LogP contribution in [0, 0.1) is 0 Å². The number of carbonyl (C=O) groups is 1. The molecule has 0 aliphatic rings. The lowest BCUT2D eigenvalue weighted by atomic mass is 10.1. The van der Waals surface area contributed by atoms with Gasteiger partial charge in [0.1, 0.15) is 18.4 Å². The van der Waals surface area contributed by atoms with Gasteiger partial charge in [-0.25, -0.2) is 9.67 Å². The van der Waals surface area contributed by atoms with E-state index in [1.54, 1.807) is 17.1 Å². The summed E-state index contributed by atoms with van der Waals surface area (Å²) in [6.07, 6.45) is 6.47. The predicted octanol–water partition coefficient (Wildman–Crippen LogP) is 3.05. The summed E-state index contributed by atoms with van der Waals surface area (Å²) in [6, 6.07) is 15.6. The molecule has 1 N–H and O–H groups in total. The van der Waals surface area contributed by atoms with Gasteiger partial charge in [-0.15, -0.1) is 0 Å². The molecule has 1 aromatic heterocycles. The van der Waals surface area contributed by atoms with Crippen LogP contribution >= 0.6 is 0 Å². The van der Waals surface area contributed by atoms with Gasteiger partial charge in [0.2, 0.25) is 5.91 Å². The Morgan fingerprint density at radius 3 is 2.70 bits per heavy atom. The van der Waals surface area contributed by atoms with Crippen molar-refractivity contribution in [1.29, 1.82) is 0 Å². The molecule has 27 heavy (non-hydrogen) atoms. The average Bonchev–Trinajstić information content (AvgIpc) is 3.20. The molecule has 0 radical (unpaired) electrons. The summed E-state index contributed by atoms with van der Waals surface area (Å²) in [6.45, 7) is 3.58. The van der Waals surface area contributed by atoms with Crippen molar-refractivity contribution < 1.29 is 9.53 Å². The molecule has 0 spiro atoms. The summed E-state index contributed by atoms with van der Waals surface area (Å²) in [5, 5.41) is 7.06. The van der Waals surface area contributed by atoms with E-state index >= 15 is 0 Å². The van der Waals surface area contributed by atoms with Crippen LogP contribution < -0.4 is 10.1 Å². The van der Waals surface area contributed by atoms with Crippen LogP contribution in [0.25, 0.3) is 6.08 Å². The molecule has 6 nitrogen and oxygen atoms in total. The Morgan fingerprint density at radius 1 is 1.15 bits per heavy atom. The van der Waals surface area contributed by atoms with Gasteiger partial charge in [0.25, 0.3) is 0 Å². The van der Waals surface area contributed by atoms with E-state index in [2.05, 4.69) is 15.4 Å². The number of hydrogen-bond acceptors (Lipinski definition) is 4. The molecule has 0 aliphatic carbocycles. The van der Waals surface area contributed by atoms with Crippen molar-refractivity contribution in [1.82, 2.24) is 20.1 Å². The zero-order valence-electron chi connectivity index (χ0n) is 15.2. The van der Waals surface area contributed by atoms with Crippen LogP contribution in [0.4, 0.5) is 0 Å². The number of nitrogens with zero attached hydrogens (tertiary/aromatic N) is 3. The SMILES string of the molecule is CCOc1ccccc1/C=C/C(=O)NCc1ccccc1Cn1cncn1. The highest BCUT2D eigenvalue weighted by atomic mass is 16.5. The summed E-state index contributed by atoms with van der Waals surface area (Å²) < 4.78 is 7.32. The topological polar surface area (TPSA) is 69.0 Å². The Hall–Kier alpha value is -3.41. The van der Waals surface area contributed by atoms with Crippen molar-refractivity contribution in [3.05, 3.63) is 84.0 Å². The van der Waals surface area contributed by atoms with Gasteiger partial charge in [-0.1, -0.05) is 42.5 Å². The molecule has 0 aliphatic heterocycles. The van der Waals surface area contributed by atoms with E-state index in [9.17, 15) is 4.79 Å². The highest BCUT2D eigenvalue weighted by Gasteiger charge is 2.05. The van der Waals surface area contributed by atoms with E-state index in [4.69, 9.17) is 4.74 Å². The zero-order chi connectivity index (χ0) is 18.9. The van der Waals surface area contributed by atoms with Gasteiger partial charge >= 0.3 is 0 Å². The lowest BCUT2D eigenvalue weighted by Gasteiger charge is -2.10. The number of hydrogen-bond donors (Lipinski definition) is 1. The first-order chi connectivity index (χ1) is 13.3. The van der Waals surface area contributed by atoms with E-state index in [0.717, 1.165) is 22.4 Å². The van der Waals surface area contributed by atoms with Crippen molar-refractivity contribution in [2.75, 3.05) is 6.61 Å². The van der Waals surface area contributed by atoms with Crippen LogP contribution in [0.3, 0.4) is 0 Å². The van der Waals surface area contributed by atoms with Crippen LogP contribution in [0.2, 0.25) is 0 Å². The summed E-state index contributed by atoms with van der Waals surface area (Å²) >= 11 is 0. The Labute approximate surface area is 158 Å². The highest BCUT2D eigenvalue weighted by molar-refractivity contribution is 5.92. The third-order valence-electron chi connectivity index (χ3n) is 4.00. The Kier molecular flexibility index (Phi) is 6.35. The van der Waals surface area contributed by atoms with Crippen LogP contribution in [0.1, 0.15) is 23.6 Å². The Bertz CT molecular complexity index is 904. The number of aromatic nitrogens is 3. The molecular formula is C21H22N4O2. The first-order valence-corrected chi connectivity index (χ1v) is 8.83. The van der Waals surface area contributed by atoms with Crippen molar-refractivity contribution in [3.63, 3.8) is 0 Å². The van der Waals surface area contributed by atoms with Gasteiger partial charge < -0.3 is 10.1 Å². The van der Waals surface area contributed by atoms with Crippen LogP contribution in [-0.2, 0) is 17.9 Å². The van der Waals surface area contributed by atoms with Crippen molar-refractivity contribution >= 4 is 12.0 Å². The van der Waals surface area contributed by atoms with Crippen molar-refractivity contribution in [2.45, 2.75) is 20.0 Å². The third-order valence-corrected chi connectivity index (χ3v) is 4.00. The highest BCUT2D eigenvalue weighted by Crippen LogP contribution is 2.19. The quantitative estimate of drug-likeness (QED) is 0.625. The van der Waals surface area contributed by atoms with Gasteiger partial charge in [-0.2, -0.15) is 5.10 Å². The summed E-state index contributed by atoms with van der Waals surface area (Å²) in [5.74, 6) is 0.610. The molecule has 1 amide bonds. The second-order valence-corrected chi connectivity index (χ2v) is 5.88. The van der Waals surface area contributed by atoms with Gasteiger partial charge in [0, 0.05) is 18.2 Å². The standard InChI is InChI=1S/C21H22N4O2/c1-2-27-20-10-6-5-7-17(20)11-12-21(26)23-13-18-8-3-4-9-19(18)14-25-16-22-15-24-25/h3-12,15-16H,2,13-14H2,1H3,(H,23,26)/b12-11+. The van der Waals surface area contributed by atoms with Gasteiger partial charge in [-0.05, 0) is 30.2 Å². The fourth-order valence-electron chi connectivity index (χ4n) is 2.69. The van der Waals surface area contributed by atoms with E-state index in [-0.39, 0.29) is 5.91 Å². The lowest BCUT2D eigenvalue weighted by molar-refractivity contribution is -0.116. The maximum atomic E-state index is 12.2. The second kappa shape index (κ2) is 9.33. The van der Waals surface area contributed by atoms with Crippen molar-refractivity contribution in [3.8, 4) is 5.75 Å². The monoisotopic (exact) mass is 362 g/mol.